The quantitative estimate of drug-likeness (QED) is 0.542. The van der Waals surface area contributed by atoms with Crippen LogP contribution >= 0.6 is 0 Å². The Kier molecular flexibility index (Phi) is 7.57. The molecule has 0 amide bonds. The van der Waals surface area contributed by atoms with Crippen LogP contribution in [0.15, 0.2) is 0 Å². The van der Waals surface area contributed by atoms with Crippen molar-refractivity contribution < 1.29 is 9.53 Å². The fourth-order valence-corrected chi connectivity index (χ4v) is 3.14. The molecule has 0 aliphatic heterocycles. The van der Waals surface area contributed by atoms with Crippen molar-refractivity contribution in [3.8, 4) is 0 Å². The van der Waals surface area contributed by atoms with Crippen LogP contribution in [0.5, 0.6) is 0 Å². The lowest BCUT2D eigenvalue weighted by Gasteiger charge is -2.39. The molecule has 0 aromatic heterocycles. The molecule has 0 spiro atoms. The van der Waals surface area contributed by atoms with E-state index in [1.807, 2.05) is 6.92 Å². The molecule has 0 aromatic carbocycles. The minimum absolute atomic E-state index is 0.0669. The van der Waals surface area contributed by atoms with Crippen LogP contribution in [-0.4, -0.2) is 25.2 Å². The molecule has 1 saturated carbocycles. The first kappa shape index (κ1) is 17.5. The van der Waals surface area contributed by atoms with Gasteiger partial charge in [-0.05, 0) is 56.9 Å². The fraction of sp³-hybridized carbons (Fsp3) is 0.941. The van der Waals surface area contributed by atoms with Crippen LogP contribution in [0.1, 0.15) is 72.6 Å². The summed E-state index contributed by atoms with van der Waals surface area (Å²) in [7, 11) is 0. The van der Waals surface area contributed by atoms with Gasteiger partial charge < -0.3 is 10.1 Å². The molecule has 0 radical (unpaired) electrons. The Morgan fingerprint density at radius 2 is 1.85 bits per heavy atom. The summed E-state index contributed by atoms with van der Waals surface area (Å²) in [6, 6.07) is 0.654. The molecular formula is C17H33NO2. The van der Waals surface area contributed by atoms with E-state index in [0.29, 0.717) is 24.5 Å². The number of rotatable bonds is 8. The predicted molar refractivity (Wildman–Crippen MR) is 83.7 cm³/mol. The second-order valence-electron chi connectivity index (χ2n) is 6.75. The number of nitrogens with one attached hydrogen (secondary N) is 1. The van der Waals surface area contributed by atoms with Crippen LogP contribution in [0.2, 0.25) is 0 Å². The summed E-state index contributed by atoms with van der Waals surface area (Å²) in [4.78, 5) is 11.2. The van der Waals surface area contributed by atoms with Gasteiger partial charge in [-0.15, -0.1) is 0 Å². The van der Waals surface area contributed by atoms with E-state index in [2.05, 4.69) is 26.1 Å². The van der Waals surface area contributed by atoms with Crippen LogP contribution in [0, 0.1) is 11.3 Å². The van der Waals surface area contributed by atoms with E-state index in [1.54, 1.807) is 0 Å². The van der Waals surface area contributed by atoms with Gasteiger partial charge in [0.2, 0.25) is 0 Å². The van der Waals surface area contributed by atoms with E-state index >= 15 is 0 Å². The number of hydrogen-bond acceptors (Lipinski definition) is 3. The Bertz CT molecular complexity index is 281. The zero-order chi connectivity index (χ0) is 15.0. The van der Waals surface area contributed by atoms with Gasteiger partial charge in [-0.3, -0.25) is 4.79 Å². The number of hydrogen-bond donors (Lipinski definition) is 1. The Balaban J connectivity index is 2.12. The molecular weight excluding hydrogens is 250 g/mol. The highest BCUT2D eigenvalue weighted by Crippen LogP contribution is 2.40. The third-order valence-corrected chi connectivity index (χ3v) is 5.04. The second kappa shape index (κ2) is 8.66. The highest BCUT2D eigenvalue weighted by molar-refractivity contribution is 5.69. The summed E-state index contributed by atoms with van der Waals surface area (Å²) in [5, 5.41) is 3.60. The van der Waals surface area contributed by atoms with Crippen LogP contribution in [0.25, 0.3) is 0 Å². The minimum atomic E-state index is -0.0669. The molecule has 1 aliphatic carbocycles. The molecule has 0 heterocycles. The molecule has 1 aliphatic rings. The number of esters is 1. The smallest absolute Gasteiger partial charge is 0.305 e. The van der Waals surface area contributed by atoms with Crippen molar-refractivity contribution in [2.45, 2.75) is 78.7 Å². The molecule has 1 fully saturated rings. The van der Waals surface area contributed by atoms with Gasteiger partial charge in [0.1, 0.15) is 0 Å². The SMILES string of the molecule is CCOC(=O)CCCNC1CCC(C(C)(C)CC)CC1. The molecule has 3 heteroatoms. The van der Waals surface area contributed by atoms with Gasteiger partial charge in [-0.25, -0.2) is 0 Å². The van der Waals surface area contributed by atoms with Crippen molar-refractivity contribution in [2.24, 2.45) is 11.3 Å². The van der Waals surface area contributed by atoms with Gasteiger partial charge >= 0.3 is 5.97 Å². The van der Waals surface area contributed by atoms with Crippen LogP contribution in [-0.2, 0) is 9.53 Å². The second-order valence-corrected chi connectivity index (χ2v) is 6.75. The van der Waals surface area contributed by atoms with Gasteiger partial charge in [-0.1, -0.05) is 27.2 Å². The maximum Gasteiger partial charge on any atom is 0.305 e. The monoisotopic (exact) mass is 283 g/mol. The number of carbonyl (C=O) groups excluding carboxylic acids is 1. The van der Waals surface area contributed by atoms with Gasteiger partial charge in [0, 0.05) is 12.5 Å². The van der Waals surface area contributed by atoms with Gasteiger partial charge in [0.25, 0.3) is 0 Å². The summed E-state index contributed by atoms with van der Waals surface area (Å²) in [6.45, 7) is 10.4. The molecule has 0 aromatic rings. The molecule has 1 rings (SSSR count). The largest absolute Gasteiger partial charge is 0.466 e. The topological polar surface area (TPSA) is 38.3 Å². The van der Waals surface area contributed by atoms with Crippen LogP contribution in [0.3, 0.4) is 0 Å². The highest BCUT2D eigenvalue weighted by Gasteiger charge is 2.31. The molecule has 3 nitrogen and oxygen atoms in total. The van der Waals surface area contributed by atoms with E-state index in [1.165, 1.54) is 32.1 Å². The zero-order valence-corrected chi connectivity index (χ0v) is 13.8. The molecule has 0 saturated heterocycles. The highest BCUT2D eigenvalue weighted by atomic mass is 16.5. The Labute approximate surface area is 124 Å². The van der Waals surface area contributed by atoms with Gasteiger partial charge in [-0.2, -0.15) is 0 Å². The summed E-state index contributed by atoms with van der Waals surface area (Å²) in [6.07, 6.45) is 7.96. The van der Waals surface area contributed by atoms with E-state index in [4.69, 9.17) is 4.74 Å². The summed E-state index contributed by atoms with van der Waals surface area (Å²) < 4.78 is 4.93. The van der Waals surface area contributed by atoms with Gasteiger partial charge in [0.15, 0.2) is 0 Å². The number of ether oxygens (including phenoxy) is 1. The molecule has 0 atom stereocenters. The first-order chi connectivity index (χ1) is 9.49. The maximum atomic E-state index is 11.2. The standard InChI is InChI=1S/C17H33NO2/c1-5-17(3,4)14-9-11-15(12-10-14)18-13-7-8-16(19)20-6-2/h14-15,18H,5-13H2,1-4H3. The fourth-order valence-electron chi connectivity index (χ4n) is 3.14. The van der Waals surface area contributed by atoms with Crippen molar-refractivity contribution >= 4 is 5.97 Å². The van der Waals surface area contributed by atoms with Crippen molar-refractivity contribution in [3.63, 3.8) is 0 Å². The van der Waals surface area contributed by atoms with E-state index in [9.17, 15) is 4.79 Å². The van der Waals surface area contributed by atoms with Crippen molar-refractivity contribution in [2.75, 3.05) is 13.2 Å². The first-order valence-electron chi connectivity index (χ1n) is 8.38. The zero-order valence-electron chi connectivity index (χ0n) is 13.8. The van der Waals surface area contributed by atoms with Crippen LogP contribution < -0.4 is 5.32 Å². The van der Waals surface area contributed by atoms with Gasteiger partial charge in [0.05, 0.1) is 6.61 Å². The predicted octanol–water partition coefficient (Wildman–Crippen LogP) is 3.91. The van der Waals surface area contributed by atoms with E-state index < -0.39 is 0 Å². The Morgan fingerprint density at radius 1 is 1.20 bits per heavy atom. The molecule has 1 N–H and O–H groups in total. The minimum Gasteiger partial charge on any atom is -0.466 e. The maximum absolute atomic E-state index is 11.2. The van der Waals surface area contributed by atoms with Crippen LogP contribution in [0.4, 0.5) is 0 Å². The molecule has 20 heavy (non-hydrogen) atoms. The van der Waals surface area contributed by atoms with Crippen molar-refractivity contribution in [1.29, 1.82) is 0 Å². The molecule has 0 bridgehead atoms. The number of carbonyl (C=O) groups is 1. The normalized spacial score (nSPS) is 23.6. The Hall–Kier alpha value is -0.570. The average Bonchev–Trinajstić information content (AvgIpc) is 2.44. The average molecular weight is 283 g/mol. The van der Waals surface area contributed by atoms with E-state index in [-0.39, 0.29) is 5.97 Å². The Morgan fingerprint density at radius 3 is 2.40 bits per heavy atom. The van der Waals surface area contributed by atoms with E-state index in [0.717, 1.165) is 18.9 Å². The van der Waals surface area contributed by atoms with Crippen molar-refractivity contribution in [3.05, 3.63) is 0 Å². The third-order valence-electron chi connectivity index (χ3n) is 5.04. The summed E-state index contributed by atoms with van der Waals surface area (Å²) >= 11 is 0. The lowest BCUT2D eigenvalue weighted by molar-refractivity contribution is -0.143. The van der Waals surface area contributed by atoms with Crippen molar-refractivity contribution in [1.82, 2.24) is 5.32 Å². The summed E-state index contributed by atoms with van der Waals surface area (Å²) in [5.74, 6) is 0.813. The lowest BCUT2D eigenvalue weighted by atomic mass is 9.69. The molecule has 118 valence electrons. The lowest BCUT2D eigenvalue weighted by Crippen LogP contribution is -2.37. The molecule has 0 unspecified atom stereocenters. The summed E-state index contributed by atoms with van der Waals surface area (Å²) in [5.41, 5.74) is 0.495. The first-order valence-corrected chi connectivity index (χ1v) is 8.38. The third kappa shape index (κ3) is 5.82.